The van der Waals surface area contributed by atoms with Crippen LogP contribution in [0.15, 0.2) is 24.4 Å². The van der Waals surface area contributed by atoms with Gasteiger partial charge in [0.05, 0.1) is 18.3 Å². The Labute approximate surface area is 95.0 Å². The van der Waals surface area contributed by atoms with Crippen LogP contribution in [-0.2, 0) is 0 Å². The van der Waals surface area contributed by atoms with E-state index in [1.807, 2.05) is 0 Å². The fourth-order valence-electron chi connectivity index (χ4n) is 0.870. The Morgan fingerprint density at radius 1 is 1.36 bits per heavy atom. The van der Waals surface area contributed by atoms with Crippen molar-refractivity contribution in [1.82, 2.24) is 4.98 Å². The molecule has 0 aromatic carbocycles. The molecule has 0 amide bonds. The largest absolute Gasteiger partial charge is 0.395 e. The molecule has 4 N–H and O–H groups in total. The van der Waals surface area contributed by atoms with Crippen molar-refractivity contribution in [2.75, 3.05) is 6.61 Å². The van der Waals surface area contributed by atoms with Crippen molar-refractivity contribution in [2.24, 2.45) is 5.73 Å². The summed E-state index contributed by atoms with van der Waals surface area (Å²) in [5, 5.41) is 18.1. The van der Waals surface area contributed by atoms with Gasteiger partial charge in [-0.3, -0.25) is 4.98 Å². The van der Waals surface area contributed by atoms with E-state index in [4.69, 9.17) is 10.8 Å². The molecule has 6 heteroatoms. The second-order valence-electron chi connectivity index (χ2n) is 2.55. The zero-order valence-corrected chi connectivity index (χ0v) is 9.04. The number of aliphatic hydroxyl groups excluding tert-OH is 2. The first-order valence-electron chi connectivity index (χ1n) is 3.71. The molecule has 2 unspecified atom stereocenters. The molecule has 82 valence electrons. The molecule has 2 atom stereocenters. The lowest BCUT2D eigenvalue weighted by molar-refractivity contribution is 0.106. The fourth-order valence-corrected chi connectivity index (χ4v) is 0.870. The highest BCUT2D eigenvalue weighted by Crippen LogP contribution is 2.11. The van der Waals surface area contributed by atoms with Gasteiger partial charge >= 0.3 is 0 Å². The summed E-state index contributed by atoms with van der Waals surface area (Å²) in [6.45, 7) is -0.252. The van der Waals surface area contributed by atoms with Crippen molar-refractivity contribution >= 4 is 24.8 Å². The van der Waals surface area contributed by atoms with Gasteiger partial charge in [0.15, 0.2) is 0 Å². The molecule has 0 saturated carbocycles. The maximum absolute atomic E-state index is 9.44. The second kappa shape index (κ2) is 7.96. The van der Waals surface area contributed by atoms with Crippen LogP contribution in [0.4, 0.5) is 0 Å². The van der Waals surface area contributed by atoms with Crippen molar-refractivity contribution in [3.05, 3.63) is 30.1 Å². The summed E-state index contributed by atoms with van der Waals surface area (Å²) in [6, 6.07) is 4.51. The summed E-state index contributed by atoms with van der Waals surface area (Å²) in [4.78, 5) is 3.91. The lowest BCUT2D eigenvalue weighted by Crippen LogP contribution is -2.32. The quantitative estimate of drug-likeness (QED) is 0.710. The Balaban J connectivity index is 0. The van der Waals surface area contributed by atoms with E-state index in [-0.39, 0.29) is 31.4 Å². The summed E-state index contributed by atoms with van der Waals surface area (Å²) in [6.07, 6.45) is 0.680. The van der Waals surface area contributed by atoms with Crippen molar-refractivity contribution in [3.63, 3.8) is 0 Å². The monoisotopic (exact) mass is 240 g/mol. The molecule has 0 saturated heterocycles. The molecule has 4 nitrogen and oxygen atoms in total. The molecular formula is C8H14Cl2N2O2. The van der Waals surface area contributed by atoms with Crippen LogP contribution in [0.1, 0.15) is 11.8 Å². The van der Waals surface area contributed by atoms with E-state index in [0.717, 1.165) is 0 Å². The van der Waals surface area contributed by atoms with Gasteiger partial charge in [-0.2, -0.15) is 0 Å². The zero-order chi connectivity index (χ0) is 8.97. The van der Waals surface area contributed by atoms with Crippen molar-refractivity contribution in [3.8, 4) is 0 Å². The lowest BCUT2D eigenvalue weighted by Gasteiger charge is -2.15. The van der Waals surface area contributed by atoms with Gasteiger partial charge in [0, 0.05) is 6.20 Å². The van der Waals surface area contributed by atoms with Crippen LogP contribution in [-0.4, -0.2) is 27.8 Å². The van der Waals surface area contributed by atoms with Crippen LogP contribution < -0.4 is 5.73 Å². The fraction of sp³-hybridized carbons (Fsp3) is 0.375. The summed E-state index contributed by atoms with van der Waals surface area (Å²) < 4.78 is 0. The van der Waals surface area contributed by atoms with Crippen LogP contribution in [0.25, 0.3) is 0 Å². The van der Waals surface area contributed by atoms with E-state index in [2.05, 4.69) is 4.98 Å². The highest BCUT2D eigenvalue weighted by molar-refractivity contribution is 5.85. The number of hydrogen-bond donors (Lipinski definition) is 3. The SMILES string of the molecule is Cl.Cl.NC(CO)C(O)c1ccccn1. The number of halogens is 2. The Morgan fingerprint density at radius 3 is 2.43 bits per heavy atom. The maximum Gasteiger partial charge on any atom is 0.113 e. The van der Waals surface area contributed by atoms with Crippen molar-refractivity contribution in [2.45, 2.75) is 12.1 Å². The van der Waals surface area contributed by atoms with E-state index in [1.54, 1.807) is 24.4 Å². The molecule has 0 aliphatic heterocycles. The minimum Gasteiger partial charge on any atom is -0.395 e. The minimum absolute atomic E-state index is 0. The molecule has 1 rings (SSSR count). The Morgan fingerprint density at radius 2 is 2.00 bits per heavy atom. The van der Waals surface area contributed by atoms with E-state index >= 15 is 0 Å². The van der Waals surface area contributed by atoms with Gasteiger partial charge < -0.3 is 15.9 Å². The summed E-state index contributed by atoms with van der Waals surface area (Å²) >= 11 is 0. The summed E-state index contributed by atoms with van der Waals surface area (Å²) in [7, 11) is 0. The van der Waals surface area contributed by atoms with E-state index in [0.29, 0.717) is 5.69 Å². The minimum atomic E-state index is -0.892. The zero-order valence-electron chi connectivity index (χ0n) is 7.41. The standard InChI is InChI=1S/C8H12N2O2.2ClH/c9-6(5-11)8(12)7-3-1-2-4-10-7;;/h1-4,6,8,11-12H,5,9H2;2*1H. The molecule has 14 heavy (non-hydrogen) atoms. The third kappa shape index (κ3) is 4.21. The first kappa shape index (κ1) is 16.1. The number of nitrogens with zero attached hydrogens (tertiary/aromatic N) is 1. The smallest absolute Gasteiger partial charge is 0.113 e. The van der Waals surface area contributed by atoms with Crippen LogP contribution in [0.2, 0.25) is 0 Å². The van der Waals surface area contributed by atoms with Crippen LogP contribution in [0, 0.1) is 0 Å². The van der Waals surface area contributed by atoms with Gasteiger partial charge in [-0.15, -0.1) is 24.8 Å². The Hall–Kier alpha value is -0.390. The predicted molar refractivity (Wildman–Crippen MR) is 58.8 cm³/mol. The third-order valence-corrected chi connectivity index (χ3v) is 1.61. The van der Waals surface area contributed by atoms with Crippen LogP contribution >= 0.6 is 24.8 Å². The van der Waals surface area contributed by atoms with Gasteiger partial charge in [-0.25, -0.2) is 0 Å². The molecule has 0 aliphatic rings. The average Bonchev–Trinajstić information content (AvgIpc) is 2.17. The number of aromatic nitrogens is 1. The van der Waals surface area contributed by atoms with Crippen molar-refractivity contribution < 1.29 is 10.2 Å². The van der Waals surface area contributed by atoms with Crippen LogP contribution in [0.5, 0.6) is 0 Å². The van der Waals surface area contributed by atoms with E-state index in [9.17, 15) is 5.11 Å². The Kier molecular flexibility index (Phi) is 9.13. The molecule has 0 bridgehead atoms. The lowest BCUT2D eigenvalue weighted by atomic mass is 10.1. The molecule has 0 spiro atoms. The predicted octanol–water partition coefficient (Wildman–Crippen LogP) is 0.278. The Bertz CT molecular complexity index is 236. The molecule has 1 aromatic heterocycles. The average molecular weight is 241 g/mol. The molecule has 1 aromatic rings. The first-order chi connectivity index (χ1) is 5.75. The van der Waals surface area contributed by atoms with Gasteiger partial charge in [0.1, 0.15) is 6.10 Å². The molecule has 0 aliphatic carbocycles. The first-order valence-corrected chi connectivity index (χ1v) is 3.71. The highest BCUT2D eigenvalue weighted by atomic mass is 35.5. The number of aliphatic hydroxyl groups is 2. The van der Waals surface area contributed by atoms with Gasteiger partial charge in [0.2, 0.25) is 0 Å². The second-order valence-corrected chi connectivity index (χ2v) is 2.55. The normalized spacial score (nSPS) is 13.4. The highest BCUT2D eigenvalue weighted by Gasteiger charge is 2.16. The molecule has 0 fully saturated rings. The topological polar surface area (TPSA) is 79.4 Å². The van der Waals surface area contributed by atoms with Gasteiger partial charge in [0.25, 0.3) is 0 Å². The van der Waals surface area contributed by atoms with Gasteiger partial charge in [-0.1, -0.05) is 6.07 Å². The molecule has 1 heterocycles. The third-order valence-electron chi connectivity index (χ3n) is 1.61. The number of pyridine rings is 1. The van der Waals surface area contributed by atoms with Gasteiger partial charge in [-0.05, 0) is 12.1 Å². The van der Waals surface area contributed by atoms with Crippen molar-refractivity contribution in [1.29, 1.82) is 0 Å². The van der Waals surface area contributed by atoms with E-state index < -0.39 is 12.1 Å². The molecule has 0 radical (unpaired) electrons. The summed E-state index contributed by atoms with van der Waals surface area (Å²) in [5.74, 6) is 0. The van der Waals surface area contributed by atoms with Crippen LogP contribution in [0.3, 0.4) is 0 Å². The number of hydrogen-bond acceptors (Lipinski definition) is 4. The molecular weight excluding hydrogens is 227 g/mol. The number of rotatable bonds is 3. The van der Waals surface area contributed by atoms with E-state index in [1.165, 1.54) is 0 Å². The summed E-state index contributed by atoms with van der Waals surface area (Å²) in [5.41, 5.74) is 5.89. The number of nitrogens with two attached hydrogens (primary N) is 1. The maximum atomic E-state index is 9.44.